The van der Waals surface area contributed by atoms with Crippen LogP contribution in [0.5, 0.6) is 5.75 Å². The van der Waals surface area contributed by atoms with E-state index in [9.17, 15) is 9.59 Å². The fraction of sp³-hybridized carbons (Fsp3) is 0.263. The molecule has 3 N–H and O–H groups in total. The number of nitrogens with one attached hydrogen (secondary N) is 3. The first-order valence-electron chi connectivity index (χ1n) is 8.17. The normalized spacial score (nSPS) is 11.0. The summed E-state index contributed by atoms with van der Waals surface area (Å²) < 4.78 is 5.73. The molecule has 0 aliphatic carbocycles. The quantitative estimate of drug-likeness (QED) is 0.666. The van der Waals surface area contributed by atoms with Crippen LogP contribution in [0.1, 0.15) is 30.9 Å². The van der Waals surface area contributed by atoms with Gasteiger partial charge in [-0.2, -0.15) is 0 Å². The standard InChI is InChI=1S/C19H21N3O3/c1-11(2)14-6-4-12(3)8-17(14)25-10-18(23)20-13-5-7-15-16(9-13)22-19(24)21-15/h4-9,11H,10H2,1-3H3,(H,20,23)(H2,21,22,24). The van der Waals surface area contributed by atoms with Crippen LogP contribution in [0.3, 0.4) is 0 Å². The third kappa shape index (κ3) is 3.91. The zero-order chi connectivity index (χ0) is 18.0. The summed E-state index contributed by atoms with van der Waals surface area (Å²) in [6, 6.07) is 11.2. The fourth-order valence-corrected chi connectivity index (χ4v) is 2.69. The number of ether oxygens (including phenoxy) is 1. The molecule has 0 fully saturated rings. The molecule has 3 rings (SSSR count). The van der Waals surface area contributed by atoms with E-state index in [4.69, 9.17) is 4.74 Å². The summed E-state index contributed by atoms with van der Waals surface area (Å²) >= 11 is 0. The Bertz CT molecular complexity index is 969. The lowest BCUT2D eigenvalue weighted by atomic mass is 10.0. The average molecular weight is 339 g/mol. The highest BCUT2D eigenvalue weighted by Crippen LogP contribution is 2.27. The number of H-pyrrole nitrogens is 2. The van der Waals surface area contributed by atoms with Crippen LogP contribution in [-0.2, 0) is 4.79 Å². The summed E-state index contributed by atoms with van der Waals surface area (Å²) in [5.74, 6) is 0.787. The zero-order valence-electron chi connectivity index (χ0n) is 14.5. The number of carbonyl (C=O) groups is 1. The summed E-state index contributed by atoms with van der Waals surface area (Å²) in [6.45, 7) is 6.09. The van der Waals surface area contributed by atoms with Crippen LogP contribution in [-0.4, -0.2) is 22.5 Å². The van der Waals surface area contributed by atoms with Crippen molar-refractivity contribution < 1.29 is 9.53 Å². The molecule has 0 aliphatic heterocycles. The Labute approximate surface area is 145 Å². The predicted octanol–water partition coefficient (Wildman–Crippen LogP) is 3.31. The van der Waals surface area contributed by atoms with Gasteiger partial charge in [0.2, 0.25) is 0 Å². The second kappa shape index (κ2) is 6.84. The van der Waals surface area contributed by atoms with Crippen molar-refractivity contribution >= 4 is 22.6 Å². The number of aryl methyl sites for hydroxylation is 1. The van der Waals surface area contributed by atoms with Gasteiger partial charge >= 0.3 is 5.69 Å². The van der Waals surface area contributed by atoms with Crippen LogP contribution in [0.25, 0.3) is 11.0 Å². The average Bonchev–Trinajstić information content (AvgIpc) is 2.92. The van der Waals surface area contributed by atoms with Crippen molar-refractivity contribution in [2.24, 2.45) is 0 Å². The molecule has 0 radical (unpaired) electrons. The molecule has 0 bridgehead atoms. The van der Waals surface area contributed by atoms with E-state index < -0.39 is 0 Å². The monoisotopic (exact) mass is 339 g/mol. The highest BCUT2D eigenvalue weighted by molar-refractivity contribution is 5.93. The summed E-state index contributed by atoms with van der Waals surface area (Å²) in [5.41, 5.74) is 3.82. The minimum atomic E-state index is -0.275. The molecule has 2 aromatic carbocycles. The number of anilines is 1. The first-order valence-corrected chi connectivity index (χ1v) is 8.17. The smallest absolute Gasteiger partial charge is 0.323 e. The molecule has 6 nitrogen and oxygen atoms in total. The van der Waals surface area contributed by atoms with E-state index >= 15 is 0 Å². The van der Waals surface area contributed by atoms with Gasteiger partial charge in [-0.3, -0.25) is 4.79 Å². The number of hydrogen-bond donors (Lipinski definition) is 3. The van der Waals surface area contributed by atoms with E-state index in [1.54, 1.807) is 18.2 Å². The van der Waals surface area contributed by atoms with Crippen LogP contribution in [0, 0.1) is 6.92 Å². The first kappa shape index (κ1) is 16.8. The Morgan fingerprint density at radius 3 is 2.64 bits per heavy atom. The van der Waals surface area contributed by atoms with Crippen LogP contribution >= 0.6 is 0 Å². The van der Waals surface area contributed by atoms with Crippen LogP contribution in [0.4, 0.5) is 5.69 Å². The van der Waals surface area contributed by atoms with E-state index in [1.807, 2.05) is 25.1 Å². The molecule has 3 aromatic rings. The number of rotatable bonds is 5. The third-order valence-corrected chi connectivity index (χ3v) is 3.95. The van der Waals surface area contributed by atoms with E-state index in [-0.39, 0.29) is 18.2 Å². The minimum absolute atomic E-state index is 0.0785. The third-order valence-electron chi connectivity index (χ3n) is 3.95. The summed E-state index contributed by atoms with van der Waals surface area (Å²) in [5, 5.41) is 2.78. The van der Waals surface area contributed by atoms with Gasteiger partial charge in [-0.25, -0.2) is 4.79 Å². The van der Waals surface area contributed by atoms with Gasteiger partial charge in [0, 0.05) is 5.69 Å². The Morgan fingerprint density at radius 1 is 1.12 bits per heavy atom. The molecule has 0 saturated heterocycles. The number of aromatic amines is 2. The van der Waals surface area contributed by atoms with E-state index in [0.717, 1.165) is 16.9 Å². The number of imidazole rings is 1. The Morgan fingerprint density at radius 2 is 1.88 bits per heavy atom. The largest absolute Gasteiger partial charge is 0.483 e. The molecular weight excluding hydrogens is 318 g/mol. The number of benzene rings is 2. The molecule has 1 heterocycles. The summed E-state index contributed by atoms with van der Waals surface area (Å²) in [6.07, 6.45) is 0. The van der Waals surface area contributed by atoms with E-state index in [0.29, 0.717) is 22.6 Å². The Kier molecular flexibility index (Phi) is 4.61. The summed E-state index contributed by atoms with van der Waals surface area (Å²) in [4.78, 5) is 28.8. The van der Waals surface area contributed by atoms with Gasteiger partial charge in [0.05, 0.1) is 11.0 Å². The summed E-state index contributed by atoms with van der Waals surface area (Å²) in [7, 11) is 0. The maximum atomic E-state index is 12.2. The molecule has 25 heavy (non-hydrogen) atoms. The SMILES string of the molecule is Cc1ccc(C(C)C)c(OCC(=O)Nc2ccc3[nH]c(=O)[nH]c3c2)c1. The maximum Gasteiger partial charge on any atom is 0.323 e. The van der Waals surface area contributed by atoms with Crippen molar-refractivity contribution in [1.82, 2.24) is 9.97 Å². The van der Waals surface area contributed by atoms with Gasteiger partial charge in [-0.1, -0.05) is 26.0 Å². The minimum Gasteiger partial charge on any atom is -0.483 e. The predicted molar refractivity (Wildman–Crippen MR) is 98.3 cm³/mol. The molecule has 0 unspecified atom stereocenters. The van der Waals surface area contributed by atoms with Crippen molar-refractivity contribution in [3.63, 3.8) is 0 Å². The molecule has 1 aromatic heterocycles. The fourth-order valence-electron chi connectivity index (χ4n) is 2.69. The van der Waals surface area contributed by atoms with Gasteiger partial charge < -0.3 is 20.0 Å². The van der Waals surface area contributed by atoms with Gasteiger partial charge in [0.1, 0.15) is 5.75 Å². The van der Waals surface area contributed by atoms with E-state index in [2.05, 4.69) is 29.1 Å². The highest BCUT2D eigenvalue weighted by Gasteiger charge is 2.11. The molecule has 0 aliphatic rings. The molecule has 0 saturated carbocycles. The number of carbonyl (C=O) groups excluding carboxylic acids is 1. The molecule has 130 valence electrons. The van der Waals surface area contributed by atoms with Gasteiger partial charge in [-0.05, 0) is 48.2 Å². The maximum absolute atomic E-state index is 12.2. The van der Waals surface area contributed by atoms with Crippen molar-refractivity contribution in [3.05, 3.63) is 58.0 Å². The van der Waals surface area contributed by atoms with Crippen molar-refractivity contribution in [3.8, 4) is 5.75 Å². The lowest BCUT2D eigenvalue weighted by molar-refractivity contribution is -0.118. The van der Waals surface area contributed by atoms with Crippen LogP contribution < -0.4 is 15.7 Å². The molecule has 6 heteroatoms. The lowest BCUT2D eigenvalue weighted by Gasteiger charge is -2.14. The van der Waals surface area contributed by atoms with Crippen molar-refractivity contribution in [2.75, 3.05) is 11.9 Å². The molecular formula is C19H21N3O3. The van der Waals surface area contributed by atoms with Gasteiger partial charge in [-0.15, -0.1) is 0 Å². The molecule has 1 amide bonds. The Hall–Kier alpha value is -3.02. The van der Waals surface area contributed by atoms with Crippen LogP contribution in [0.2, 0.25) is 0 Å². The highest BCUT2D eigenvalue weighted by atomic mass is 16.5. The molecule has 0 atom stereocenters. The second-order valence-electron chi connectivity index (χ2n) is 6.37. The number of amides is 1. The van der Waals surface area contributed by atoms with Gasteiger partial charge in [0.15, 0.2) is 6.61 Å². The number of aromatic nitrogens is 2. The second-order valence-corrected chi connectivity index (χ2v) is 6.37. The zero-order valence-corrected chi connectivity index (χ0v) is 14.5. The van der Waals surface area contributed by atoms with Crippen molar-refractivity contribution in [1.29, 1.82) is 0 Å². The Balaban J connectivity index is 1.68. The van der Waals surface area contributed by atoms with E-state index in [1.165, 1.54) is 0 Å². The lowest BCUT2D eigenvalue weighted by Crippen LogP contribution is -2.20. The molecule has 0 spiro atoms. The van der Waals surface area contributed by atoms with Crippen molar-refractivity contribution in [2.45, 2.75) is 26.7 Å². The topological polar surface area (TPSA) is 87.0 Å². The number of fused-ring (bicyclic) bond motifs is 1. The first-order chi connectivity index (χ1) is 11.9. The van der Waals surface area contributed by atoms with Gasteiger partial charge in [0.25, 0.3) is 5.91 Å². The number of hydrogen-bond acceptors (Lipinski definition) is 3. The van der Waals surface area contributed by atoms with Crippen LogP contribution in [0.15, 0.2) is 41.2 Å².